The number of hydrogen-bond acceptors (Lipinski definition) is 2. The van der Waals surface area contributed by atoms with E-state index in [0.29, 0.717) is 6.04 Å². The first-order valence-electron chi connectivity index (χ1n) is 5.89. The maximum absolute atomic E-state index is 13.2. The highest BCUT2D eigenvalue weighted by molar-refractivity contribution is 5.29. The molecule has 1 aromatic carbocycles. The fourth-order valence-corrected chi connectivity index (χ4v) is 2.33. The number of aryl methyl sites for hydroxylation is 1. The third-order valence-corrected chi connectivity index (χ3v) is 3.39. The summed E-state index contributed by atoms with van der Waals surface area (Å²) in [6.07, 6.45) is 0. The minimum atomic E-state index is -0.136. The molecule has 1 atom stereocenters. The van der Waals surface area contributed by atoms with Crippen LogP contribution in [0.5, 0.6) is 0 Å². The molecule has 1 heterocycles. The Morgan fingerprint density at radius 2 is 2.00 bits per heavy atom. The summed E-state index contributed by atoms with van der Waals surface area (Å²) in [5.74, 6) is -0.136. The van der Waals surface area contributed by atoms with Crippen molar-refractivity contribution in [1.29, 1.82) is 0 Å². The highest BCUT2D eigenvalue weighted by atomic mass is 19.1. The molecule has 3 heteroatoms. The fourth-order valence-electron chi connectivity index (χ4n) is 2.33. The number of benzene rings is 1. The molecule has 0 unspecified atom stereocenters. The van der Waals surface area contributed by atoms with Crippen LogP contribution in [0.15, 0.2) is 18.2 Å². The van der Waals surface area contributed by atoms with E-state index >= 15 is 0 Å². The molecule has 0 spiro atoms. The Kier molecular flexibility index (Phi) is 3.56. The first-order valence-corrected chi connectivity index (χ1v) is 5.89. The maximum Gasteiger partial charge on any atom is 0.123 e. The average Bonchev–Trinajstić information content (AvgIpc) is 2.32. The highest BCUT2D eigenvalue weighted by Gasteiger charge is 2.19. The van der Waals surface area contributed by atoms with E-state index in [4.69, 9.17) is 0 Å². The number of hydrogen-bond donors (Lipinski definition) is 1. The van der Waals surface area contributed by atoms with Crippen molar-refractivity contribution in [3.8, 4) is 0 Å². The van der Waals surface area contributed by atoms with Crippen molar-refractivity contribution in [2.24, 2.45) is 0 Å². The lowest BCUT2D eigenvalue weighted by molar-refractivity contribution is 0.185. The maximum atomic E-state index is 13.2. The molecule has 0 saturated carbocycles. The lowest BCUT2D eigenvalue weighted by Crippen LogP contribution is -2.44. The second kappa shape index (κ2) is 4.93. The SMILES string of the molecule is Cc1ccc(F)cc1[C@H](C)N1CCNCC1. The van der Waals surface area contributed by atoms with E-state index in [1.165, 1.54) is 11.6 Å². The molecule has 1 aromatic rings. The summed E-state index contributed by atoms with van der Waals surface area (Å²) in [6.45, 7) is 8.34. The molecule has 2 nitrogen and oxygen atoms in total. The Bertz CT molecular complexity index is 359. The van der Waals surface area contributed by atoms with E-state index < -0.39 is 0 Å². The summed E-state index contributed by atoms with van der Waals surface area (Å²) in [7, 11) is 0. The summed E-state index contributed by atoms with van der Waals surface area (Å²) < 4.78 is 13.2. The highest BCUT2D eigenvalue weighted by Crippen LogP contribution is 2.24. The van der Waals surface area contributed by atoms with Gasteiger partial charge in [-0.2, -0.15) is 0 Å². The van der Waals surface area contributed by atoms with Crippen LogP contribution < -0.4 is 5.32 Å². The zero-order valence-corrected chi connectivity index (χ0v) is 9.96. The van der Waals surface area contributed by atoms with Gasteiger partial charge < -0.3 is 5.32 Å². The standard InChI is InChI=1S/C13H19FN2/c1-10-3-4-12(14)9-13(10)11(2)16-7-5-15-6-8-16/h3-4,9,11,15H,5-8H2,1-2H3/t11-/m0/s1. The van der Waals surface area contributed by atoms with Crippen molar-refractivity contribution >= 4 is 0 Å². The normalized spacial score (nSPS) is 19.7. The van der Waals surface area contributed by atoms with Crippen molar-refractivity contribution in [3.05, 3.63) is 35.1 Å². The van der Waals surface area contributed by atoms with Crippen LogP contribution in [-0.2, 0) is 0 Å². The predicted octanol–water partition coefficient (Wildman–Crippen LogP) is 2.10. The molecule has 0 radical (unpaired) electrons. The topological polar surface area (TPSA) is 15.3 Å². The first-order chi connectivity index (χ1) is 7.68. The minimum absolute atomic E-state index is 0.136. The minimum Gasteiger partial charge on any atom is -0.314 e. The van der Waals surface area contributed by atoms with Gasteiger partial charge in [0, 0.05) is 32.2 Å². The molecule has 0 amide bonds. The van der Waals surface area contributed by atoms with Crippen molar-refractivity contribution in [2.45, 2.75) is 19.9 Å². The molecule has 0 aliphatic carbocycles. The van der Waals surface area contributed by atoms with E-state index in [-0.39, 0.29) is 5.82 Å². The van der Waals surface area contributed by atoms with E-state index in [9.17, 15) is 4.39 Å². The van der Waals surface area contributed by atoms with Gasteiger partial charge in [-0.3, -0.25) is 4.90 Å². The predicted molar refractivity (Wildman–Crippen MR) is 64.0 cm³/mol. The van der Waals surface area contributed by atoms with Crippen molar-refractivity contribution < 1.29 is 4.39 Å². The van der Waals surface area contributed by atoms with Crippen LogP contribution in [0.4, 0.5) is 4.39 Å². The summed E-state index contributed by atoms with van der Waals surface area (Å²) in [5.41, 5.74) is 2.29. The monoisotopic (exact) mass is 222 g/mol. The Hall–Kier alpha value is -0.930. The zero-order valence-electron chi connectivity index (χ0n) is 9.96. The van der Waals surface area contributed by atoms with Crippen LogP contribution in [-0.4, -0.2) is 31.1 Å². The lowest BCUT2D eigenvalue weighted by Gasteiger charge is -2.33. The van der Waals surface area contributed by atoms with Crippen LogP contribution in [0.2, 0.25) is 0 Å². The average molecular weight is 222 g/mol. The summed E-state index contributed by atoms with van der Waals surface area (Å²) in [5, 5.41) is 3.33. The lowest BCUT2D eigenvalue weighted by atomic mass is 10.0. The summed E-state index contributed by atoms with van der Waals surface area (Å²) >= 11 is 0. The zero-order chi connectivity index (χ0) is 11.5. The van der Waals surface area contributed by atoms with E-state index in [1.54, 1.807) is 6.07 Å². The van der Waals surface area contributed by atoms with Crippen molar-refractivity contribution in [1.82, 2.24) is 10.2 Å². The number of rotatable bonds is 2. The van der Waals surface area contributed by atoms with Gasteiger partial charge in [0.25, 0.3) is 0 Å². The molecule has 1 aliphatic heterocycles. The van der Waals surface area contributed by atoms with Crippen LogP contribution in [0, 0.1) is 12.7 Å². The van der Waals surface area contributed by atoms with Gasteiger partial charge in [0.1, 0.15) is 5.82 Å². The van der Waals surface area contributed by atoms with Gasteiger partial charge in [-0.25, -0.2) is 4.39 Å². The van der Waals surface area contributed by atoms with E-state index in [1.807, 2.05) is 13.0 Å². The summed E-state index contributed by atoms with van der Waals surface area (Å²) in [4.78, 5) is 2.40. The van der Waals surface area contributed by atoms with Gasteiger partial charge in [0.15, 0.2) is 0 Å². The molecule has 88 valence electrons. The number of nitrogens with zero attached hydrogens (tertiary/aromatic N) is 1. The van der Waals surface area contributed by atoms with E-state index in [2.05, 4.69) is 17.1 Å². The third kappa shape index (κ3) is 2.42. The van der Waals surface area contributed by atoms with Gasteiger partial charge >= 0.3 is 0 Å². The molecule has 16 heavy (non-hydrogen) atoms. The second-order valence-electron chi connectivity index (χ2n) is 4.46. The molecule has 1 saturated heterocycles. The third-order valence-electron chi connectivity index (χ3n) is 3.39. The Morgan fingerprint density at radius 1 is 1.31 bits per heavy atom. The van der Waals surface area contributed by atoms with Crippen molar-refractivity contribution in [2.75, 3.05) is 26.2 Å². The summed E-state index contributed by atoms with van der Waals surface area (Å²) in [6, 6.07) is 5.37. The van der Waals surface area contributed by atoms with E-state index in [0.717, 1.165) is 31.7 Å². The quantitative estimate of drug-likeness (QED) is 0.824. The molecule has 1 aliphatic rings. The van der Waals surface area contributed by atoms with Gasteiger partial charge in [-0.05, 0) is 37.1 Å². The Morgan fingerprint density at radius 3 is 2.69 bits per heavy atom. The van der Waals surface area contributed by atoms with Gasteiger partial charge in [-0.15, -0.1) is 0 Å². The molecule has 0 bridgehead atoms. The molecular formula is C13H19FN2. The van der Waals surface area contributed by atoms with Gasteiger partial charge in [0.05, 0.1) is 0 Å². The number of halogens is 1. The smallest absolute Gasteiger partial charge is 0.123 e. The van der Waals surface area contributed by atoms with Gasteiger partial charge in [0.2, 0.25) is 0 Å². The number of piperazine rings is 1. The molecule has 1 fully saturated rings. The molecule has 1 N–H and O–H groups in total. The Balaban J connectivity index is 2.18. The van der Waals surface area contributed by atoms with Crippen LogP contribution >= 0.6 is 0 Å². The van der Waals surface area contributed by atoms with Crippen LogP contribution in [0.3, 0.4) is 0 Å². The first kappa shape index (κ1) is 11.6. The second-order valence-corrected chi connectivity index (χ2v) is 4.46. The van der Waals surface area contributed by atoms with Crippen LogP contribution in [0.1, 0.15) is 24.1 Å². The fraction of sp³-hybridized carbons (Fsp3) is 0.538. The van der Waals surface area contributed by atoms with Gasteiger partial charge in [-0.1, -0.05) is 6.07 Å². The van der Waals surface area contributed by atoms with Crippen molar-refractivity contribution in [3.63, 3.8) is 0 Å². The van der Waals surface area contributed by atoms with Crippen LogP contribution in [0.25, 0.3) is 0 Å². The molecular weight excluding hydrogens is 203 g/mol. The molecule has 2 rings (SSSR count). The Labute approximate surface area is 96.5 Å². The largest absolute Gasteiger partial charge is 0.314 e. The molecule has 0 aromatic heterocycles. The number of nitrogens with one attached hydrogen (secondary N) is 1.